The predicted molar refractivity (Wildman–Crippen MR) is 102 cm³/mol. The molecule has 5 N–H and O–H groups in total. The fourth-order valence-corrected chi connectivity index (χ4v) is 2.20. The van der Waals surface area contributed by atoms with E-state index >= 15 is 0 Å². The van der Waals surface area contributed by atoms with Crippen molar-refractivity contribution in [3.05, 3.63) is 72.6 Å². The van der Waals surface area contributed by atoms with E-state index in [9.17, 15) is 0 Å². The number of hydrazine groups is 1. The number of nitrogens with two attached hydrogens (primary N) is 1. The van der Waals surface area contributed by atoms with Crippen LogP contribution in [0.1, 0.15) is 12.5 Å². The van der Waals surface area contributed by atoms with Gasteiger partial charge in [0.15, 0.2) is 0 Å². The Morgan fingerprint density at radius 2 is 1.71 bits per heavy atom. The SMILES string of the molecule is C[C@H](CNNc1ccc(NCc2ccccc2)cc1)N(C)/C=C\N. The molecule has 0 unspecified atom stereocenters. The number of nitrogens with zero attached hydrogens (tertiary/aromatic N) is 1. The van der Waals surface area contributed by atoms with Crippen LogP contribution in [0.4, 0.5) is 11.4 Å². The second kappa shape index (κ2) is 9.47. The smallest absolute Gasteiger partial charge is 0.0489 e. The molecule has 0 radical (unpaired) electrons. The summed E-state index contributed by atoms with van der Waals surface area (Å²) < 4.78 is 0. The Labute approximate surface area is 144 Å². The number of rotatable bonds is 9. The Balaban J connectivity index is 1.74. The predicted octanol–water partition coefficient (Wildman–Crippen LogP) is 2.97. The van der Waals surface area contributed by atoms with Gasteiger partial charge >= 0.3 is 0 Å². The first-order valence-corrected chi connectivity index (χ1v) is 8.16. The summed E-state index contributed by atoms with van der Waals surface area (Å²) in [5.74, 6) is 0. The van der Waals surface area contributed by atoms with E-state index in [1.807, 2.05) is 19.3 Å². The van der Waals surface area contributed by atoms with Gasteiger partial charge in [0.05, 0.1) is 0 Å². The van der Waals surface area contributed by atoms with Crippen LogP contribution in [-0.2, 0) is 6.54 Å². The zero-order valence-electron chi connectivity index (χ0n) is 14.4. The van der Waals surface area contributed by atoms with Crippen LogP contribution in [0.15, 0.2) is 67.0 Å². The van der Waals surface area contributed by atoms with Crippen molar-refractivity contribution < 1.29 is 0 Å². The topological polar surface area (TPSA) is 65.3 Å². The van der Waals surface area contributed by atoms with Crippen molar-refractivity contribution in [3.63, 3.8) is 0 Å². The Morgan fingerprint density at radius 3 is 2.38 bits per heavy atom. The van der Waals surface area contributed by atoms with Gasteiger partial charge in [0.1, 0.15) is 0 Å². The quantitative estimate of drug-likeness (QED) is 0.534. The van der Waals surface area contributed by atoms with Crippen LogP contribution in [0.25, 0.3) is 0 Å². The summed E-state index contributed by atoms with van der Waals surface area (Å²) >= 11 is 0. The Hall–Kier alpha value is -2.66. The lowest BCUT2D eigenvalue weighted by Gasteiger charge is -2.23. The zero-order chi connectivity index (χ0) is 17.2. The number of nitrogens with one attached hydrogen (secondary N) is 3. The molecule has 0 aliphatic heterocycles. The van der Waals surface area contributed by atoms with Crippen molar-refractivity contribution >= 4 is 11.4 Å². The molecule has 5 nitrogen and oxygen atoms in total. The highest BCUT2D eigenvalue weighted by Crippen LogP contribution is 2.14. The minimum Gasteiger partial charge on any atom is -0.403 e. The molecule has 24 heavy (non-hydrogen) atoms. The van der Waals surface area contributed by atoms with Crippen LogP contribution >= 0.6 is 0 Å². The van der Waals surface area contributed by atoms with Gasteiger partial charge in [-0.05, 0) is 36.8 Å². The molecule has 0 fully saturated rings. The molecule has 0 saturated carbocycles. The normalized spacial score (nSPS) is 12.1. The molecule has 0 aliphatic rings. The van der Waals surface area contributed by atoms with Gasteiger partial charge in [-0.2, -0.15) is 0 Å². The molecule has 0 spiro atoms. The number of benzene rings is 2. The van der Waals surface area contributed by atoms with Gasteiger partial charge in [0.2, 0.25) is 0 Å². The second-order valence-corrected chi connectivity index (χ2v) is 5.78. The van der Waals surface area contributed by atoms with Gasteiger partial charge in [-0.3, -0.25) is 0 Å². The summed E-state index contributed by atoms with van der Waals surface area (Å²) in [5.41, 5.74) is 15.2. The van der Waals surface area contributed by atoms with E-state index in [0.717, 1.165) is 24.5 Å². The summed E-state index contributed by atoms with van der Waals surface area (Å²) in [6.45, 7) is 3.75. The zero-order valence-corrected chi connectivity index (χ0v) is 14.4. The lowest BCUT2D eigenvalue weighted by Crippen LogP contribution is -2.37. The third-order valence-corrected chi connectivity index (χ3v) is 3.87. The summed E-state index contributed by atoms with van der Waals surface area (Å²) in [6.07, 6.45) is 3.41. The highest BCUT2D eigenvalue weighted by atomic mass is 15.4. The summed E-state index contributed by atoms with van der Waals surface area (Å²) in [5, 5.41) is 3.42. The molecular formula is C19H27N5. The fourth-order valence-electron chi connectivity index (χ4n) is 2.20. The molecule has 0 amide bonds. The first-order valence-electron chi connectivity index (χ1n) is 8.16. The number of likely N-dealkylation sites (N-methyl/N-ethyl adjacent to an activating group) is 1. The van der Waals surface area contributed by atoms with Gasteiger partial charge in [-0.15, -0.1) is 0 Å². The number of anilines is 2. The van der Waals surface area contributed by atoms with Gasteiger partial charge in [0.25, 0.3) is 0 Å². The molecule has 0 aromatic heterocycles. The van der Waals surface area contributed by atoms with Gasteiger partial charge in [-0.1, -0.05) is 30.3 Å². The standard InChI is InChI=1S/C19H27N5/c1-16(24(2)13-12-20)14-22-23-19-10-8-18(9-11-19)21-15-17-6-4-3-5-7-17/h3-13,16,21-23H,14-15,20H2,1-2H3/b13-12-/t16-/m1/s1. The van der Waals surface area contributed by atoms with E-state index in [0.29, 0.717) is 6.04 Å². The second-order valence-electron chi connectivity index (χ2n) is 5.78. The van der Waals surface area contributed by atoms with E-state index < -0.39 is 0 Å². The number of hydrogen-bond donors (Lipinski definition) is 4. The van der Waals surface area contributed by atoms with E-state index in [1.165, 1.54) is 5.56 Å². The van der Waals surface area contributed by atoms with E-state index in [2.05, 4.69) is 76.5 Å². The fraction of sp³-hybridized carbons (Fsp3) is 0.263. The summed E-state index contributed by atoms with van der Waals surface area (Å²) in [7, 11) is 2.00. The van der Waals surface area contributed by atoms with Gasteiger partial charge < -0.3 is 21.4 Å². The molecule has 0 heterocycles. The molecule has 0 saturated heterocycles. The third kappa shape index (κ3) is 5.85. The highest BCUT2D eigenvalue weighted by Gasteiger charge is 2.04. The molecule has 1 atom stereocenters. The monoisotopic (exact) mass is 325 g/mol. The average Bonchev–Trinajstić information content (AvgIpc) is 2.62. The van der Waals surface area contributed by atoms with Crippen molar-refractivity contribution in [2.75, 3.05) is 24.3 Å². The molecule has 0 aliphatic carbocycles. The molecule has 2 aromatic rings. The van der Waals surface area contributed by atoms with Crippen LogP contribution in [-0.4, -0.2) is 24.5 Å². The number of hydrogen-bond acceptors (Lipinski definition) is 5. The van der Waals surface area contributed by atoms with Crippen LogP contribution in [0.2, 0.25) is 0 Å². The third-order valence-electron chi connectivity index (χ3n) is 3.87. The molecular weight excluding hydrogens is 298 g/mol. The largest absolute Gasteiger partial charge is 0.403 e. The van der Waals surface area contributed by atoms with E-state index in [1.54, 1.807) is 6.20 Å². The van der Waals surface area contributed by atoms with E-state index in [4.69, 9.17) is 5.73 Å². The Kier molecular flexibility index (Phi) is 6.98. The summed E-state index contributed by atoms with van der Waals surface area (Å²) in [4.78, 5) is 2.06. The van der Waals surface area contributed by atoms with Crippen LogP contribution < -0.4 is 21.9 Å². The maximum atomic E-state index is 5.40. The lowest BCUT2D eigenvalue weighted by atomic mass is 10.2. The highest BCUT2D eigenvalue weighted by molar-refractivity contribution is 5.53. The molecule has 128 valence electrons. The van der Waals surface area contributed by atoms with Crippen LogP contribution in [0.3, 0.4) is 0 Å². The van der Waals surface area contributed by atoms with Gasteiger partial charge in [0, 0.05) is 50.0 Å². The van der Waals surface area contributed by atoms with Gasteiger partial charge in [-0.25, -0.2) is 5.43 Å². The molecule has 2 aromatic carbocycles. The van der Waals surface area contributed by atoms with Crippen LogP contribution in [0.5, 0.6) is 0 Å². The summed E-state index contributed by atoms with van der Waals surface area (Å²) in [6, 6.07) is 18.9. The van der Waals surface area contributed by atoms with Crippen molar-refractivity contribution in [2.45, 2.75) is 19.5 Å². The van der Waals surface area contributed by atoms with Crippen molar-refractivity contribution in [1.82, 2.24) is 10.3 Å². The average molecular weight is 325 g/mol. The Morgan fingerprint density at radius 1 is 1.04 bits per heavy atom. The first kappa shape index (κ1) is 17.7. The minimum atomic E-state index is 0.337. The Bertz CT molecular complexity index is 609. The van der Waals surface area contributed by atoms with Crippen molar-refractivity contribution in [2.24, 2.45) is 5.73 Å². The van der Waals surface area contributed by atoms with E-state index in [-0.39, 0.29) is 0 Å². The first-order chi connectivity index (χ1) is 11.7. The minimum absolute atomic E-state index is 0.337. The lowest BCUT2D eigenvalue weighted by molar-refractivity contribution is 0.343. The molecule has 2 rings (SSSR count). The molecule has 0 bridgehead atoms. The maximum absolute atomic E-state index is 5.40. The molecule has 5 heteroatoms. The van der Waals surface area contributed by atoms with Crippen molar-refractivity contribution in [1.29, 1.82) is 0 Å². The van der Waals surface area contributed by atoms with Crippen LogP contribution in [0, 0.1) is 0 Å². The maximum Gasteiger partial charge on any atom is 0.0489 e. The van der Waals surface area contributed by atoms with Crippen molar-refractivity contribution in [3.8, 4) is 0 Å².